The first-order valence-corrected chi connectivity index (χ1v) is 24.9. The third-order valence-electron chi connectivity index (χ3n) is 15.7. The fraction of sp³-hybridized carbons (Fsp3) is 0.755. The van der Waals surface area contributed by atoms with Crippen LogP contribution in [0.25, 0.3) is 0 Å². The zero-order valence-corrected chi connectivity index (χ0v) is 41.9. The second kappa shape index (κ2) is 25.0. The summed E-state index contributed by atoms with van der Waals surface area (Å²) >= 11 is 0. The number of nitrogens with zero attached hydrogens (tertiary/aromatic N) is 1. The summed E-state index contributed by atoms with van der Waals surface area (Å²) in [5.74, 6) is -7.18. The van der Waals surface area contributed by atoms with Crippen LogP contribution in [-0.2, 0) is 52.4 Å². The van der Waals surface area contributed by atoms with Crippen molar-refractivity contribution in [2.24, 2.45) is 41.4 Å². The van der Waals surface area contributed by atoms with Crippen molar-refractivity contribution in [3.05, 3.63) is 47.1 Å². The Morgan fingerprint density at radius 3 is 2.25 bits per heavy atom. The van der Waals surface area contributed by atoms with Crippen LogP contribution >= 0.6 is 0 Å². The third kappa shape index (κ3) is 13.3. The van der Waals surface area contributed by atoms with Crippen LogP contribution in [0, 0.1) is 41.4 Å². The van der Waals surface area contributed by atoms with Crippen LogP contribution in [0.2, 0.25) is 0 Å². The van der Waals surface area contributed by atoms with Crippen molar-refractivity contribution in [1.29, 1.82) is 0 Å². The predicted molar refractivity (Wildman–Crippen MR) is 252 cm³/mol. The largest absolute Gasteiger partial charge is 0.460 e. The van der Waals surface area contributed by atoms with Crippen LogP contribution in [0.4, 0.5) is 0 Å². The van der Waals surface area contributed by atoms with Gasteiger partial charge in [-0.25, -0.2) is 4.79 Å². The number of ether oxygens (including phenoxy) is 6. The van der Waals surface area contributed by atoms with E-state index in [-0.39, 0.29) is 86.0 Å². The molecular formula is C53H81NO13. The van der Waals surface area contributed by atoms with Gasteiger partial charge in [0.25, 0.3) is 11.7 Å². The average Bonchev–Trinajstić information content (AvgIpc) is 3.31. The van der Waals surface area contributed by atoms with E-state index in [0.717, 1.165) is 29.6 Å². The van der Waals surface area contributed by atoms with Crippen molar-refractivity contribution in [2.45, 2.75) is 174 Å². The molecule has 67 heavy (non-hydrogen) atoms. The number of Topliss-reactive ketones (excluding diaryl/α,β-unsaturated/α-hetero) is 3. The van der Waals surface area contributed by atoms with Gasteiger partial charge < -0.3 is 43.5 Å². The van der Waals surface area contributed by atoms with E-state index in [4.69, 9.17) is 28.4 Å². The minimum absolute atomic E-state index is 0.00370. The summed E-state index contributed by atoms with van der Waals surface area (Å²) in [6.45, 7) is 13.6. The first-order valence-electron chi connectivity index (χ1n) is 24.9. The number of amides is 1. The number of fused-ring (bicyclic) bond motifs is 4. The van der Waals surface area contributed by atoms with Crippen molar-refractivity contribution in [1.82, 2.24) is 4.90 Å². The zero-order chi connectivity index (χ0) is 49.2. The normalized spacial score (nSPS) is 40.3. The Morgan fingerprint density at radius 2 is 1.58 bits per heavy atom. The summed E-state index contributed by atoms with van der Waals surface area (Å²) in [7, 11) is 4.79. The van der Waals surface area contributed by atoms with Crippen LogP contribution in [0.15, 0.2) is 47.1 Å². The number of rotatable bonds is 9. The van der Waals surface area contributed by atoms with Crippen molar-refractivity contribution in [2.75, 3.05) is 41.1 Å². The first kappa shape index (κ1) is 54.6. The van der Waals surface area contributed by atoms with Gasteiger partial charge >= 0.3 is 5.97 Å². The molecule has 376 valence electrons. The van der Waals surface area contributed by atoms with E-state index >= 15 is 0 Å². The maximum Gasteiger partial charge on any atom is 0.329 e. The first-order chi connectivity index (χ1) is 31.9. The molecule has 0 spiro atoms. The van der Waals surface area contributed by atoms with Crippen molar-refractivity contribution in [3.8, 4) is 0 Å². The van der Waals surface area contributed by atoms with Gasteiger partial charge in [0.05, 0.1) is 37.6 Å². The number of allylic oxidation sites excluding steroid dienone is 6. The molecule has 1 amide bonds. The lowest BCUT2D eigenvalue weighted by molar-refractivity contribution is -0.265. The Kier molecular flexibility index (Phi) is 20.3. The molecule has 14 heteroatoms. The Morgan fingerprint density at radius 1 is 0.851 bits per heavy atom. The lowest BCUT2D eigenvalue weighted by atomic mass is 9.66. The number of carbonyl (C=O) groups excluding carboxylic acids is 5. The van der Waals surface area contributed by atoms with Crippen LogP contribution in [0.1, 0.15) is 126 Å². The molecule has 0 aromatic carbocycles. The fourth-order valence-corrected chi connectivity index (χ4v) is 11.1. The van der Waals surface area contributed by atoms with Gasteiger partial charge in [-0.3, -0.25) is 19.2 Å². The molecule has 2 saturated carbocycles. The number of ketones is 3. The third-order valence-corrected chi connectivity index (χ3v) is 15.7. The molecule has 2 N–H and O–H groups in total. The van der Waals surface area contributed by atoms with Gasteiger partial charge in [0.15, 0.2) is 5.78 Å². The number of esters is 1. The topological polar surface area (TPSA) is 184 Å². The minimum Gasteiger partial charge on any atom is -0.460 e. The number of methoxy groups -OCH3 is 3. The van der Waals surface area contributed by atoms with Crippen molar-refractivity contribution >= 4 is 29.2 Å². The van der Waals surface area contributed by atoms with Gasteiger partial charge in [0.2, 0.25) is 5.79 Å². The molecule has 3 heterocycles. The molecule has 2 saturated heterocycles. The van der Waals surface area contributed by atoms with Gasteiger partial charge in [0, 0.05) is 64.4 Å². The number of aliphatic hydroxyl groups is 2. The molecule has 3 aliphatic heterocycles. The number of hydrogen-bond acceptors (Lipinski definition) is 13. The van der Waals surface area contributed by atoms with E-state index in [1.54, 1.807) is 28.3 Å². The second-order valence-electron chi connectivity index (χ2n) is 20.4. The molecule has 15 atom stereocenters. The molecule has 0 aromatic heterocycles. The zero-order valence-electron chi connectivity index (χ0n) is 41.9. The molecule has 5 aliphatic rings. The molecular weight excluding hydrogens is 859 g/mol. The molecule has 1 unspecified atom stereocenters. The quantitative estimate of drug-likeness (QED) is 0.139. The lowest BCUT2D eigenvalue weighted by Crippen LogP contribution is -2.61. The van der Waals surface area contributed by atoms with Gasteiger partial charge in [-0.2, -0.15) is 0 Å². The van der Waals surface area contributed by atoms with Crippen molar-refractivity contribution < 1.29 is 62.6 Å². The highest BCUT2D eigenvalue weighted by Crippen LogP contribution is 2.43. The maximum absolute atomic E-state index is 14.5. The van der Waals surface area contributed by atoms with Gasteiger partial charge in [-0.05, 0) is 101 Å². The van der Waals surface area contributed by atoms with Gasteiger partial charge in [-0.15, -0.1) is 0 Å². The smallest absolute Gasteiger partial charge is 0.329 e. The SMILES string of the molecule is CO[C@H]1C[C@@H]2CC[C@@H](C)[C@@](O)(O2)C(=O)C(=O)N2CCCC[C@H]2C(=O)OC([C@H](C)C[C@@H]2CC[C@@H](OCCO)[C@H](OC)C2)CC(=O)[C@H](C)/C=C(\C)[C@@H](C)[C@@H](OC)C(=O)[C@H]2C[C@H](C)/C2=C/C=C/C=C/1C. The summed E-state index contributed by atoms with van der Waals surface area (Å²) in [6, 6.07) is -1.11. The summed E-state index contributed by atoms with van der Waals surface area (Å²) in [5, 5.41) is 21.3. The Balaban J connectivity index is 1.48. The van der Waals surface area contributed by atoms with E-state index in [0.29, 0.717) is 51.4 Å². The van der Waals surface area contributed by atoms with E-state index in [1.807, 2.05) is 65.0 Å². The standard InChI is InChI=1S/C53H81NO13/c1-31-15-11-12-16-40-33(3)27-41(40)48(57)49(64-10)37(7)32(2)25-34(4)43(56)30-46(35(5)26-38-19-21-44(65-24-23-55)47(28-38)63-9)66-52(60)42-17-13-14-22-54(42)51(59)50(58)53(61)36(6)18-20-39(67-53)29-45(31)62-8/h11-12,15-16,25,33-39,41-42,44-47,49,55,61H,13-14,17-24,26-30H2,1-10H3/b12-11+,31-15+,32-25+,40-16-/t33-,34+,35+,36+,37+,38-,39-,41-,42-,44+,45-,46?,47+,49+,53+/m0/s1. The number of hydrogen-bond donors (Lipinski definition) is 2. The van der Waals surface area contributed by atoms with E-state index in [9.17, 15) is 34.2 Å². The fourth-order valence-electron chi connectivity index (χ4n) is 11.1. The monoisotopic (exact) mass is 940 g/mol. The van der Waals surface area contributed by atoms with Crippen LogP contribution < -0.4 is 0 Å². The van der Waals surface area contributed by atoms with Crippen LogP contribution in [0.3, 0.4) is 0 Å². The molecule has 0 radical (unpaired) electrons. The summed E-state index contributed by atoms with van der Waals surface area (Å²) in [5.41, 5.74) is 2.75. The van der Waals surface area contributed by atoms with E-state index in [1.165, 1.54) is 4.90 Å². The second-order valence-corrected chi connectivity index (χ2v) is 20.4. The van der Waals surface area contributed by atoms with E-state index < -0.39 is 65.7 Å². The number of piperidine rings is 1. The highest BCUT2D eigenvalue weighted by molar-refractivity contribution is 6.39. The Labute approximate surface area is 399 Å². The van der Waals surface area contributed by atoms with Crippen LogP contribution in [-0.4, -0.2) is 134 Å². The Bertz CT molecular complexity index is 1860. The number of aliphatic hydroxyl groups excluding tert-OH is 1. The molecule has 0 aromatic rings. The summed E-state index contributed by atoms with van der Waals surface area (Å²) < 4.78 is 36.0. The van der Waals surface area contributed by atoms with Gasteiger partial charge in [0.1, 0.15) is 24.0 Å². The molecule has 2 aliphatic carbocycles. The highest BCUT2D eigenvalue weighted by Gasteiger charge is 2.53. The minimum atomic E-state index is -2.42. The average molecular weight is 940 g/mol. The van der Waals surface area contributed by atoms with Gasteiger partial charge in [-0.1, -0.05) is 76.1 Å². The highest BCUT2D eigenvalue weighted by atomic mass is 16.6. The van der Waals surface area contributed by atoms with Crippen LogP contribution in [0.5, 0.6) is 0 Å². The summed E-state index contributed by atoms with van der Waals surface area (Å²) in [6.07, 6.45) is 12.8. The summed E-state index contributed by atoms with van der Waals surface area (Å²) in [4.78, 5) is 72.7. The predicted octanol–water partition coefficient (Wildman–Crippen LogP) is 6.84. The molecule has 5 rings (SSSR count). The Hall–Kier alpha value is -3.37. The molecule has 14 nitrogen and oxygen atoms in total. The maximum atomic E-state index is 14.5. The number of carbonyl (C=O) groups is 5. The molecule has 4 fully saturated rings. The number of cyclic esters (lactones) is 1. The van der Waals surface area contributed by atoms with E-state index in [2.05, 4.69) is 6.92 Å². The lowest BCUT2D eigenvalue weighted by Gasteiger charge is -2.42. The molecule has 2 bridgehead atoms. The van der Waals surface area contributed by atoms with Crippen molar-refractivity contribution in [3.63, 3.8) is 0 Å².